The number of ether oxygens (including phenoxy) is 2. The first kappa shape index (κ1) is 29.6. The highest BCUT2D eigenvalue weighted by Crippen LogP contribution is 2.31. The predicted octanol–water partition coefficient (Wildman–Crippen LogP) is 3.15. The summed E-state index contributed by atoms with van der Waals surface area (Å²) in [5, 5.41) is 9.33. The summed E-state index contributed by atoms with van der Waals surface area (Å²) in [7, 11) is 0. The Morgan fingerprint density at radius 3 is 2.61 bits per heavy atom. The first-order chi connectivity index (χ1) is 19.3. The van der Waals surface area contributed by atoms with Gasteiger partial charge in [-0.15, -0.1) is 0 Å². The molecule has 3 heterocycles. The van der Waals surface area contributed by atoms with E-state index in [9.17, 15) is 19.2 Å². The van der Waals surface area contributed by atoms with Gasteiger partial charge in [0.1, 0.15) is 29.3 Å². The Bertz CT molecular complexity index is 1510. The predicted molar refractivity (Wildman–Crippen MR) is 148 cm³/mol. The molecule has 3 aromatic rings. The van der Waals surface area contributed by atoms with Crippen molar-refractivity contribution in [2.45, 2.75) is 59.2 Å². The molecule has 1 aromatic carbocycles. The standard InChI is InChI=1S/C28H34FN5O7/c1-7-39-26(37)18-13-34(23-8-9-40-32-23)21-11-22(19(29)10-17(21)24(18)35)33-12-15(2)20(14-33)31-25(36)16(3)30-27(38)41-28(4,5)6/h8-11,13,15-16,20H,7,12,14H2,1-6H3,(H,30,38)(H,31,36)/t15?,16-,20?/m0/s1. The van der Waals surface area contributed by atoms with Gasteiger partial charge in [-0.2, -0.15) is 0 Å². The molecule has 12 nitrogen and oxygen atoms in total. The number of fused-ring (bicyclic) bond motifs is 1. The van der Waals surface area contributed by atoms with Crippen LogP contribution in [0.3, 0.4) is 0 Å². The highest BCUT2D eigenvalue weighted by molar-refractivity contribution is 5.95. The normalized spacial score (nSPS) is 17.8. The number of hydrogen-bond donors (Lipinski definition) is 2. The quantitative estimate of drug-likeness (QED) is 0.409. The van der Waals surface area contributed by atoms with E-state index in [1.165, 1.54) is 29.2 Å². The molecule has 0 bridgehead atoms. The minimum atomic E-state index is -0.853. The highest BCUT2D eigenvalue weighted by Gasteiger charge is 2.34. The van der Waals surface area contributed by atoms with E-state index in [-0.39, 0.29) is 47.6 Å². The number of carbonyl (C=O) groups excluding carboxylic acids is 3. The summed E-state index contributed by atoms with van der Waals surface area (Å²) < 4.78 is 32.2. The van der Waals surface area contributed by atoms with E-state index in [4.69, 9.17) is 14.0 Å². The van der Waals surface area contributed by atoms with Crippen molar-refractivity contribution >= 4 is 34.6 Å². The van der Waals surface area contributed by atoms with Crippen molar-refractivity contribution in [3.63, 3.8) is 0 Å². The Morgan fingerprint density at radius 1 is 1.24 bits per heavy atom. The van der Waals surface area contributed by atoms with Crippen molar-refractivity contribution in [3.05, 3.63) is 52.3 Å². The van der Waals surface area contributed by atoms with Crippen LogP contribution in [0.25, 0.3) is 16.7 Å². The van der Waals surface area contributed by atoms with Gasteiger partial charge in [-0.25, -0.2) is 14.0 Å². The van der Waals surface area contributed by atoms with Crippen LogP contribution in [0.15, 0.2) is 40.0 Å². The maximum absolute atomic E-state index is 15.5. The number of rotatable bonds is 7. The lowest BCUT2D eigenvalue weighted by Crippen LogP contribution is -2.50. The average molecular weight is 572 g/mol. The van der Waals surface area contributed by atoms with Crippen LogP contribution in [0.1, 0.15) is 51.9 Å². The lowest BCUT2D eigenvalue weighted by atomic mass is 10.1. The van der Waals surface area contributed by atoms with Crippen LogP contribution in [-0.4, -0.2) is 65.1 Å². The van der Waals surface area contributed by atoms with Gasteiger partial charge in [0.25, 0.3) is 0 Å². The smallest absolute Gasteiger partial charge is 0.408 e. The highest BCUT2D eigenvalue weighted by atomic mass is 19.1. The molecule has 2 aromatic heterocycles. The number of pyridine rings is 1. The summed E-state index contributed by atoms with van der Waals surface area (Å²) in [4.78, 5) is 52.3. The fourth-order valence-corrected chi connectivity index (χ4v) is 4.66. The SMILES string of the molecule is CCOC(=O)c1cn(-c2ccon2)c2cc(N3CC(C)C(NC(=O)[C@H](C)NC(=O)OC(C)(C)C)C3)c(F)cc2c1=O. The van der Waals surface area contributed by atoms with Crippen molar-refractivity contribution in [2.24, 2.45) is 5.92 Å². The van der Waals surface area contributed by atoms with Gasteiger partial charge in [0, 0.05) is 25.4 Å². The van der Waals surface area contributed by atoms with Crippen molar-refractivity contribution in [3.8, 4) is 5.82 Å². The first-order valence-electron chi connectivity index (χ1n) is 13.3. The summed E-state index contributed by atoms with van der Waals surface area (Å²) in [5.41, 5.74) is -1.12. The summed E-state index contributed by atoms with van der Waals surface area (Å²) in [6, 6.07) is 2.95. The van der Waals surface area contributed by atoms with Gasteiger partial charge in [0.15, 0.2) is 5.82 Å². The van der Waals surface area contributed by atoms with Crippen LogP contribution >= 0.6 is 0 Å². The minimum absolute atomic E-state index is 0.0288. The number of hydrogen-bond acceptors (Lipinski definition) is 9. The molecule has 1 fully saturated rings. The number of benzene rings is 1. The zero-order chi connectivity index (χ0) is 30.1. The maximum Gasteiger partial charge on any atom is 0.408 e. The number of nitrogens with one attached hydrogen (secondary N) is 2. The molecule has 41 heavy (non-hydrogen) atoms. The van der Waals surface area contributed by atoms with Crippen LogP contribution < -0.4 is 21.0 Å². The summed E-state index contributed by atoms with van der Waals surface area (Å²) in [6.45, 7) is 11.0. The number of carbonyl (C=O) groups is 3. The molecule has 13 heteroatoms. The van der Waals surface area contributed by atoms with Crippen molar-refractivity contribution < 1.29 is 32.8 Å². The lowest BCUT2D eigenvalue weighted by Gasteiger charge is -2.23. The molecule has 1 aliphatic heterocycles. The molecule has 0 saturated carbocycles. The molecule has 1 saturated heterocycles. The molecule has 0 spiro atoms. The Morgan fingerprint density at radius 2 is 1.98 bits per heavy atom. The zero-order valence-electron chi connectivity index (χ0n) is 23.8. The van der Waals surface area contributed by atoms with Crippen molar-refractivity contribution in [2.75, 3.05) is 24.6 Å². The van der Waals surface area contributed by atoms with Crippen LogP contribution in [0, 0.1) is 11.7 Å². The topological polar surface area (TPSA) is 145 Å². The van der Waals surface area contributed by atoms with Crippen LogP contribution in [0.5, 0.6) is 0 Å². The Balaban J connectivity index is 1.60. The number of aromatic nitrogens is 2. The molecular weight excluding hydrogens is 537 g/mol. The van der Waals surface area contributed by atoms with Gasteiger partial charge >= 0.3 is 12.1 Å². The molecule has 220 valence electrons. The van der Waals surface area contributed by atoms with E-state index in [2.05, 4.69) is 15.8 Å². The van der Waals surface area contributed by atoms with Crippen molar-refractivity contribution in [1.29, 1.82) is 0 Å². The number of nitrogens with zero attached hydrogens (tertiary/aromatic N) is 3. The minimum Gasteiger partial charge on any atom is -0.462 e. The molecule has 4 rings (SSSR count). The molecule has 2 N–H and O–H groups in total. The zero-order valence-corrected chi connectivity index (χ0v) is 23.8. The van der Waals surface area contributed by atoms with Crippen LogP contribution in [-0.2, 0) is 14.3 Å². The average Bonchev–Trinajstić information content (AvgIpc) is 3.53. The number of anilines is 1. The van der Waals surface area contributed by atoms with E-state index in [0.717, 1.165) is 6.07 Å². The Kier molecular flexibility index (Phi) is 8.36. The monoisotopic (exact) mass is 571 g/mol. The van der Waals surface area contributed by atoms with E-state index < -0.39 is 40.9 Å². The van der Waals surface area contributed by atoms with E-state index in [0.29, 0.717) is 12.1 Å². The fourth-order valence-electron chi connectivity index (χ4n) is 4.66. The van der Waals surface area contributed by atoms with E-state index in [1.807, 2.05) is 6.92 Å². The van der Waals surface area contributed by atoms with Gasteiger partial charge < -0.3 is 29.5 Å². The van der Waals surface area contributed by atoms with Crippen LogP contribution in [0.4, 0.5) is 14.9 Å². The molecule has 3 atom stereocenters. The maximum atomic E-state index is 15.5. The molecular formula is C28H34FN5O7. The molecule has 0 radical (unpaired) electrons. The summed E-state index contributed by atoms with van der Waals surface area (Å²) in [6.07, 6.45) is 1.93. The lowest BCUT2D eigenvalue weighted by molar-refractivity contribution is -0.123. The second kappa shape index (κ2) is 11.6. The Hall–Kier alpha value is -4.42. The summed E-state index contributed by atoms with van der Waals surface area (Å²) in [5.74, 6) is -1.68. The van der Waals surface area contributed by atoms with Gasteiger partial charge in [-0.1, -0.05) is 12.1 Å². The third-order valence-corrected chi connectivity index (χ3v) is 6.65. The number of esters is 1. The third-order valence-electron chi connectivity index (χ3n) is 6.65. The molecule has 2 unspecified atom stereocenters. The van der Waals surface area contributed by atoms with E-state index in [1.54, 1.807) is 39.5 Å². The second-order valence-corrected chi connectivity index (χ2v) is 11.0. The molecule has 0 aliphatic carbocycles. The van der Waals surface area contributed by atoms with Gasteiger partial charge in [-0.3, -0.25) is 14.2 Å². The van der Waals surface area contributed by atoms with Gasteiger partial charge in [0.2, 0.25) is 11.3 Å². The Labute approximate surface area is 235 Å². The first-order valence-corrected chi connectivity index (χ1v) is 13.3. The largest absolute Gasteiger partial charge is 0.462 e. The molecule has 1 aliphatic rings. The number of amides is 2. The second-order valence-electron chi connectivity index (χ2n) is 11.0. The van der Waals surface area contributed by atoms with E-state index >= 15 is 4.39 Å². The number of halogens is 1. The molecule has 2 amide bonds. The fraction of sp³-hybridized carbons (Fsp3) is 0.464. The summed E-state index contributed by atoms with van der Waals surface area (Å²) >= 11 is 0. The van der Waals surface area contributed by atoms with Crippen molar-refractivity contribution in [1.82, 2.24) is 20.4 Å². The van der Waals surface area contributed by atoms with Gasteiger partial charge in [0.05, 0.1) is 29.2 Å². The number of alkyl carbamates (subject to hydrolysis) is 1. The van der Waals surface area contributed by atoms with Gasteiger partial charge in [-0.05, 0) is 52.7 Å². The third kappa shape index (κ3) is 6.50. The van der Waals surface area contributed by atoms with Crippen LogP contribution in [0.2, 0.25) is 0 Å².